The van der Waals surface area contributed by atoms with Gasteiger partial charge in [-0.25, -0.2) is 4.98 Å². The van der Waals surface area contributed by atoms with Crippen molar-refractivity contribution in [2.45, 2.75) is 25.8 Å². The van der Waals surface area contributed by atoms with E-state index in [-0.39, 0.29) is 0 Å². The van der Waals surface area contributed by atoms with Crippen molar-refractivity contribution in [1.29, 1.82) is 0 Å². The minimum Gasteiger partial charge on any atom is -0.338 e. The third-order valence-corrected chi connectivity index (χ3v) is 4.80. The van der Waals surface area contributed by atoms with Crippen LogP contribution < -0.4 is 0 Å². The maximum Gasteiger partial charge on any atom is 0.112 e. The first-order chi connectivity index (χ1) is 11.2. The van der Waals surface area contributed by atoms with Crippen molar-refractivity contribution in [2.24, 2.45) is 7.05 Å². The van der Waals surface area contributed by atoms with Crippen LogP contribution in [0.25, 0.3) is 10.9 Å². The molecule has 1 atom stereocenters. The van der Waals surface area contributed by atoms with Gasteiger partial charge in [0.15, 0.2) is 0 Å². The van der Waals surface area contributed by atoms with Crippen molar-refractivity contribution in [3.8, 4) is 0 Å². The van der Waals surface area contributed by atoms with Crippen LogP contribution in [0, 0.1) is 6.92 Å². The number of aromatic nitrogens is 3. The Hall–Kier alpha value is -2.20. The molecule has 0 aliphatic carbocycles. The topological polar surface area (TPSA) is 34.0 Å². The van der Waals surface area contributed by atoms with E-state index in [9.17, 15) is 0 Å². The minimum atomic E-state index is 0.547. The maximum absolute atomic E-state index is 4.60. The first-order valence-corrected chi connectivity index (χ1v) is 8.24. The van der Waals surface area contributed by atoms with Gasteiger partial charge >= 0.3 is 0 Å². The van der Waals surface area contributed by atoms with Gasteiger partial charge in [-0.1, -0.05) is 11.6 Å². The molecular weight excluding hydrogens is 284 g/mol. The fourth-order valence-electron chi connectivity index (χ4n) is 3.60. The lowest BCUT2D eigenvalue weighted by Gasteiger charge is -2.16. The van der Waals surface area contributed by atoms with Crippen LogP contribution >= 0.6 is 0 Å². The van der Waals surface area contributed by atoms with Gasteiger partial charge in [0.1, 0.15) is 5.82 Å². The molecule has 1 fully saturated rings. The molecule has 4 heteroatoms. The summed E-state index contributed by atoms with van der Waals surface area (Å²) in [5, 5.41) is 1.24. The Morgan fingerprint density at radius 1 is 1.22 bits per heavy atom. The van der Waals surface area contributed by atoms with Crippen molar-refractivity contribution < 1.29 is 0 Å². The molecule has 4 nitrogen and oxygen atoms in total. The Morgan fingerprint density at radius 3 is 2.96 bits per heavy atom. The standard InChI is InChI=1S/C19H22N4/c1-14-3-4-18-17(9-14)10-15(11-21-18)12-23-7-5-16(13-23)19-20-6-8-22(19)2/h3-4,6,8-11,16H,5,7,12-13H2,1-2H3. The van der Waals surface area contributed by atoms with Crippen molar-refractivity contribution in [2.75, 3.05) is 13.1 Å². The lowest BCUT2D eigenvalue weighted by Crippen LogP contribution is -2.20. The summed E-state index contributed by atoms with van der Waals surface area (Å²) in [6.45, 7) is 5.31. The number of likely N-dealkylation sites (tertiary alicyclic amines) is 1. The molecule has 1 unspecified atom stereocenters. The number of pyridine rings is 1. The molecule has 4 rings (SSSR count). The SMILES string of the molecule is Cc1ccc2ncc(CN3CCC(c4nccn4C)C3)cc2c1. The Morgan fingerprint density at radius 2 is 2.13 bits per heavy atom. The van der Waals surface area contributed by atoms with Gasteiger partial charge in [-0.15, -0.1) is 0 Å². The van der Waals surface area contributed by atoms with Crippen LogP contribution in [-0.2, 0) is 13.6 Å². The third kappa shape index (κ3) is 2.86. The van der Waals surface area contributed by atoms with Crippen molar-refractivity contribution in [3.05, 3.63) is 59.8 Å². The predicted molar refractivity (Wildman–Crippen MR) is 92.3 cm³/mol. The molecule has 0 radical (unpaired) electrons. The number of nitrogens with zero attached hydrogens (tertiary/aromatic N) is 4. The number of hydrogen-bond donors (Lipinski definition) is 0. The number of hydrogen-bond acceptors (Lipinski definition) is 3. The van der Waals surface area contributed by atoms with Crippen LogP contribution in [0.3, 0.4) is 0 Å². The Labute approximate surface area is 136 Å². The van der Waals surface area contributed by atoms with E-state index < -0.39 is 0 Å². The van der Waals surface area contributed by atoms with E-state index >= 15 is 0 Å². The Balaban J connectivity index is 1.49. The molecule has 1 saturated heterocycles. The van der Waals surface area contributed by atoms with Gasteiger partial charge in [0.05, 0.1) is 5.52 Å². The zero-order valence-electron chi connectivity index (χ0n) is 13.7. The molecular formula is C19H22N4. The molecule has 3 aromatic rings. The molecule has 1 aliphatic heterocycles. The van der Waals surface area contributed by atoms with E-state index in [4.69, 9.17) is 0 Å². The van der Waals surface area contributed by atoms with Crippen molar-refractivity contribution in [1.82, 2.24) is 19.4 Å². The van der Waals surface area contributed by atoms with Gasteiger partial charge in [0.2, 0.25) is 0 Å². The lowest BCUT2D eigenvalue weighted by molar-refractivity contribution is 0.325. The highest BCUT2D eigenvalue weighted by atomic mass is 15.2. The monoisotopic (exact) mass is 306 g/mol. The van der Waals surface area contributed by atoms with E-state index in [0.717, 1.165) is 25.2 Å². The molecule has 0 amide bonds. The van der Waals surface area contributed by atoms with Crippen LogP contribution in [0.4, 0.5) is 0 Å². The summed E-state index contributed by atoms with van der Waals surface area (Å²) in [6.07, 6.45) is 7.14. The molecule has 1 aliphatic rings. The van der Waals surface area contributed by atoms with E-state index in [1.807, 2.05) is 18.6 Å². The predicted octanol–water partition coefficient (Wildman–Crippen LogP) is 3.27. The van der Waals surface area contributed by atoms with Crippen molar-refractivity contribution >= 4 is 10.9 Å². The third-order valence-electron chi connectivity index (χ3n) is 4.80. The molecule has 23 heavy (non-hydrogen) atoms. The summed E-state index contributed by atoms with van der Waals surface area (Å²) in [6, 6.07) is 8.71. The van der Waals surface area contributed by atoms with E-state index in [0.29, 0.717) is 5.92 Å². The fraction of sp³-hybridized carbons (Fsp3) is 0.368. The molecule has 3 heterocycles. The molecule has 0 N–H and O–H groups in total. The first-order valence-electron chi connectivity index (χ1n) is 8.24. The normalized spacial score (nSPS) is 18.8. The van der Waals surface area contributed by atoms with Crippen LogP contribution in [-0.4, -0.2) is 32.5 Å². The lowest BCUT2D eigenvalue weighted by atomic mass is 10.1. The average molecular weight is 306 g/mol. The van der Waals surface area contributed by atoms with E-state index in [2.05, 4.69) is 57.7 Å². The van der Waals surface area contributed by atoms with Crippen LogP contribution in [0.5, 0.6) is 0 Å². The first kappa shape index (κ1) is 14.4. The fourth-order valence-corrected chi connectivity index (χ4v) is 3.60. The van der Waals surface area contributed by atoms with Gasteiger partial charge < -0.3 is 4.57 Å². The molecule has 1 aromatic carbocycles. The van der Waals surface area contributed by atoms with Crippen molar-refractivity contribution in [3.63, 3.8) is 0 Å². The molecule has 0 bridgehead atoms. The highest BCUT2D eigenvalue weighted by Crippen LogP contribution is 2.27. The summed E-state index contributed by atoms with van der Waals surface area (Å²) >= 11 is 0. The largest absolute Gasteiger partial charge is 0.338 e. The Kier molecular flexibility index (Phi) is 3.62. The number of imidazole rings is 1. The molecule has 118 valence electrons. The highest BCUT2D eigenvalue weighted by molar-refractivity contribution is 5.79. The zero-order valence-corrected chi connectivity index (χ0v) is 13.7. The van der Waals surface area contributed by atoms with Gasteiger partial charge in [0, 0.05) is 50.0 Å². The number of benzene rings is 1. The van der Waals surface area contributed by atoms with Gasteiger partial charge in [-0.05, 0) is 43.7 Å². The number of aryl methyl sites for hydroxylation is 2. The second-order valence-corrected chi connectivity index (χ2v) is 6.66. The highest BCUT2D eigenvalue weighted by Gasteiger charge is 2.26. The molecule has 0 spiro atoms. The van der Waals surface area contributed by atoms with Crippen LogP contribution in [0.1, 0.15) is 29.3 Å². The van der Waals surface area contributed by atoms with Crippen LogP contribution in [0.15, 0.2) is 42.9 Å². The number of fused-ring (bicyclic) bond motifs is 1. The van der Waals surface area contributed by atoms with Gasteiger partial charge in [-0.3, -0.25) is 9.88 Å². The maximum atomic E-state index is 4.60. The van der Waals surface area contributed by atoms with Gasteiger partial charge in [-0.2, -0.15) is 0 Å². The summed E-state index contributed by atoms with van der Waals surface area (Å²) in [7, 11) is 2.08. The second-order valence-electron chi connectivity index (χ2n) is 6.66. The van der Waals surface area contributed by atoms with E-state index in [1.165, 1.54) is 28.8 Å². The summed E-state index contributed by atoms with van der Waals surface area (Å²) in [5.41, 5.74) is 3.66. The average Bonchev–Trinajstić information content (AvgIpc) is 3.15. The quantitative estimate of drug-likeness (QED) is 0.745. The summed E-state index contributed by atoms with van der Waals surface area (Å²) < 4.78 is 2.15. The van der Waals surface area contributed by atoms with Crippen LogP contribution in [0.2, 0.25) is 0 Å². The number of rotatable bonds is 3. The smallest absolute Gasteiger partial charge is 0.112 e. The molecule has 0 saturated carbocycles. The molecule has 2 aromatic heterocycles. The second kappa shape index (κ2) is 5.78. The minimum absolute atomic E-state index is 0.547. The summed E-state index contributed by atoms with van der Waals surface area (Å²) in [5.74, 6) is 1.76. The zero-order chi connectivity index (χ0) is 15.8. The van der Waals surface area contributed by atoms with E-state index in [1.54, 1.807) is 0 Å². The Bertz CT molecular complexity index is 836. The summed E-state index contributed by atoms with van der Waals surface area (Å²) in [4.78, 5) is 11.6. The van der Waals surface area contributed by atoms with Gasteiger partial charge in [0.25, 0.3) is 0 Å².